The van der Waals surface area contributed by atoms with E-state index in [0.29, 0.717) is 11.1 Å². The molecule has 0 aliphatic heterocycles. The van der Waals surface area contributed by atoms with Gasteiger partial charge < -0.3 is 0 Å². The van der Waals surface area contributed by atoms with Crippen molar-refractivity contribution in [1.82, 2.24) is 9.44 Å². The number of halogens is 2. The number of hydrogen-bond acceptors (Lipinski definition) is 5. The lowest BCUT2D eigenvalue weighted by Gasteiger charge is -2.07. The Morgan fingerprint density at radius 2 is 1.62 bits per heavy atom. The van der Waals surface area contributed by atoms with Crippen molar-refractivity contribution in [2.24, 2.45) is 0 Å². The van der Waals surface area contributed by atoms with Crippen LogP contribution in [-0.4, -0.2) is 23.9 Å². The van der Waals surface area contributed by atoms with Gasteiger partial charge in [0.1, 0.15) is 9.23 Å². The molecule has 0 amide bonds. The molecule has 0 radical (unpaired) electrons. The molecule has 24 heavy (non-hydrogen) atoms. The molecular weight excluding hydrogens is 415 g/mol. The quantitative estimate of drug-likeness (QED) is 0.708. The summed E-state index contributed by atoms with van der Waals surface area (Å²) >= 11 is 12.6. The number of hydrogen-bond donors (Lipinski definition) is 2. The summed E-state index contributed by atoms with van der Waals surface area (Å²) in [6, 6.07) is 7.87. The van der Waals surface area contributed by atoms with Crippen LogP contribution in [0.25, 0.3) is 0 Å². The highest BCUT2D eigenvalue weighted by molar-refractivity contribution is 7.89. The number of rotatable bonds is 7. The van der Waals surface area contributed by atoms with Gasteiger partial charge in [0, 0.05) is 6.54 Å². The fourth-order valence-electron chi connectivity index (χ4n) is 1.81. The minimum atomic E-state index is -3.77. The predicted molar refractivity (Wildman–Crippen MR) is 96.5 cm³/mol. The summed E-state index contributed by atoms with van der Waals surface area (Å²) in [6.45, 7) is 0.0468. The van der Waals surface area contributed by atoms with Gasteiger partial charge in [0.15, 0.2) is 0 Å². The second kappa shape index (κ2) is 7.69. The number of sulfonamides is 2. The Kier molecular flexibility index (Phi) is 6.29. The normalized spacial score (nSPS) is 12.5. The van der Waals surface area contributed by atoms with Crippen LogP contribution in [-0.2, 0) is 32.3 Å². The average molecular weight is 429 g/mol. The van der Waals surface area contributed by atoms with Crippen LogP contribution in [0, 0.1) is 0 Å². The van der Waals surface area contributed by atoms with E-state index < -0.39 is 20.0 Å². The van der Waals surface area contributed by atoms with Gasteiger partial charge in [-0.2, -0.15) is 0 Å². The third kappa shape index (κ3) is 5.16. The molecule has 11 heteroatoms. The molecule has 6 nitrogen and oxygen atoms in total. The summed E-state index contributed by atoms with van der Waals surface area (Å²) < 4.78 is 52.4. The Morgan fingerprint density at radius 1 is 1.04 bits per heavy atom. The summed E-state index contributed by atoms with van der Waals surface area (Å²) in [5.41, 5.74) is 1.28. The molecule has 0 saturated carbocycles. The molecule has 0 aliphatic rings. The summed E-state index contributed by atoms with van der Waals surface area (Å²) in [7, 11) is -5.77. The average Bonchev–Trinajstić information content (AvgIpc) is 2.86. The van der Waals surface area contributed by atoms with E-state index in [0.717, 1.165) is 11.3 Å². The van der Waals surface area contributed by atoms with E-state index in [4.69, 9.17) is 23.2 Å². The van der Waals surface area contributed by atoms with Crippen LogP contribution in [0.4, 0.5) is 0 Å². The maximum Gasteiger partial charge on any atom is 0.243 e. The third-order valence-corrected chi connectivity index (χ3v) is 7.56. The van der Waals surface area contributed by atoms with Crippen molar-refractivity contribution < 1.29 is 16.8 Å². The Balaban J connectivity index is 2.06. The zero-order valence-corrected chi connectivity index (χ0v) is 16.4. The molecule has 1 heterocycles. The second-order valence-electron chi connectivity index (χ2n) is 4.79. The first kappa shape index (κ1) is 19.6. The highest BCUT2D eigenvalue weighted by Crippen LogP contribution is 2.34. The van der Waals surface area contributed by atoms with Crippen LogP contribution >= 0.6 is 34.5 Å². The fourth-order valence-corrected chi connectivity index (χ4v) is 5.75. The third-order valence-electron chi connectivity index (χ3n) is 3.07. The molecule has 0 bridgehead atoms. The number of thiophene rings is 1. The second-order valence-corrected chi connectivity index (χ2v) is 10.7. The van der Waals surface area contributed by atoms with Crippen molar-refractivity contribution >= 4 is 54.6 Å². The molecule has 1 aromatic heterocycles. The minimum absolute atomic E-state index is 0.0468. The van der Waals surface area contributed by atoms with Crippen LogP contribution in [0.15, 0.2) is 35.2 Å². The summed E-state index contributed by atoms with van der Waals surface area (Å²) in [5, 5.41) is 0. The molecule has 2 aromatic rings. The van der Waals surface area contributed by atoms with E-state index in [9.17, 15) is 16.8 Å². The predicted octanol–water partition coefficient (Wildman–Crippen LogP) is 2.58. The first-order chi connectivity index (χ1) is 11.1. The SMILES string of the molecule is CNS(=O)(=O)Cc1ccc(CNS(=O)(=O)c2cc(Cl)sc2Cl)cc1. The first-order valence-corrected chi connectivity index (χ1v) is 11.3. The summed E-state index contributed by atoms with van der Waals surface area (Å²) in [6.07, 6.45) is 0. The Morgan fingerprint density at radius 3 is 2.12 bits per heavy atom. The Hall–Kier alpha value is -0.680. The van der Waals surface area contributed by atoms with Crippen molar-refractivity contribution in [1.29, 1.82) is 0 Å². The van der Waals surface area contributed by atoms with Gasteiger partial charge in [-0.05, 0) is 24.2 Å². The maximum absolute atomic E-state index is 12.2. The van der Waals surface area contributed by atoms with Gasteiger partial charge in [0.05, 0.1) is 10.1 Å². The summed E-state index contributed by atoms with van der Waals surface area (Å²) in [4.78, 5) is -0.0594. The Bertz CT molecular complexity index is 923. The van der Waals surface area contributed by atoms with Crippen LogP contribution in [0.2, 0.25) is 8.67 Å². The van der Waals surface area contributed by atoms with Crippen molar-refractivity contribution in [2.45, 2.75) is 17.2 Å². The van der Waals surface area contributed by atoms with E-state index in [1.165, 1.54) is 13.1 Å². The molecule has 0 saturated heterocycles. The zero-order valence-electron chi connectivity index (χ0n) is 12.4. The van der Waals surface area contributed by atoms with Crippen molar-refractivity contribution in [3.8, 4) is 0 Å². The maximum atomic E-state index is 12.2. The molecule has 1 aromatic carbocycles. The van der Waals surface area contributed by atoms with Gasteiger partial charge in [-0.3, -0.25) is 0 Å². The number of benzene rings is 1. The lowest BCUT2D eigenvalue weighted by molar-refractivity contribution is 0.581. The lowest BCUT2D eigenvalue weighted by Crippen LogP contribution is -2.23. The van der Waals surface area contributed by atoms with E-state index >= 15 is 0 Å². The van der Waals surface area contributed by atoms with Crippen LogP contribution < -0.4 is 9.44 Å². The summed E-state index contributed by atoms with van der Waals surface area (Å²) in [5.74, 6) is -0.140. The van der Waals surface area contributed by atoms with E-state index in [1.54, 1.807) is 24.3 Å². The monoisotopic (exact) mass is 428 g/mol. The van der Waals surface area contributed by atoms with E-state index in [2.05, 4.69) is 9.44 Å². The van der Waals surface area contributed by atoms with Gasteiger partial charge in [-0.15, -0.1) is 11.3 Å². The highest BCUT2D eigenvalue weighted by Gasteiger charge is 2.20. The smallest absolute Gasteiger partial charge is 0.218 e. The molecule has 0 atom stereocenters. The van der Waals surface area contributed by atoms with Gasteiger partial charge in [0.2, 0.25) is 20.0 Å². The van der Waals surface area contributed by atoms with Gasteiger partial charge in [-0.25, -0.2) is 26.3 Å². The van der Waals surface area contributed by atoms with Gasteiger partial charge in [-0.1, -0.05) is 47.5 Å². The minimum Gasteiger partial charge on any atom is -0.218 e. The molecule has 2 N–H and O–H groups in total. The topological polar surface area (TPSA) is 92.3 Å². The van der Waals surface area contributed by atoms with Crippen LogP contribution in [0.5, 0.6) is 0 Å². The molecule has 0 aliphatic carbocycles. The van der Waals surface area contributed by atoms with Crippen molar-refractivity contribution in [2.75, 3.05) is 7.05 Å². The largest absolute Gasteiger partial charge is 0.243 e. The lowest BCUT2D eigenvalue weighted by atomic mass is 10.1. The zero-order chi connectivity index (χ0) is 18.0. The van der Waals surface area contributed by atoms with Gasteiger partial charge >= 0.3 is 0 Å². The van der Waals surface area contributed by atoms with Crippen molar-refractivity contribution in [3.63, 3.8) is 0 Å². The molecule has 0 unspecified atom stereocenters. The first-order valence-electron chi connectivity index (χ1n) is 6.56. The molecule has 2 rings (SSSR count). The number of nitrogens with one attached hydrogen (secondary N) is 2. The van der Waals surface area contributed by atoms with Gasteiger partial charge in [0.25, 0.3) is 0 Å². The standard InChI is InChI=1S/C13H14Cl2N2O4S3/c1-16-23(18,19)8-10-4-2-9(3-5-10)7-17-24(20,21)11-6-12(14)22-13(11)15/h2-6,16-17H,7-8H2,1H3. The molecule has 132 valence electrons. The Labute approximate surface area is 154 Å². The molecular formula is C13H14Cl2N2O4S3. The molecule has 0 spiro atoms. The molecule has 0 fully saturated rings. The van der Waals surface area contributed by atoms with Crippen LogP contribution in [0.3, 0.4) is 0 Å². The van der Waals surface area contributed by atoms with E-state index in [1.807, 2.05) is 0 Å². The van der Waals surface area contributed by atoms with Crippen LogP contribution in [0.1, 0.15) is 11.1 Å². The highest BCUT2D eigenvalue weighted by atomic mass is 35.5. The fraction of sp³-hybridized carbons (Fsp3) is 0.231. The van der Waals surface area contributed by atoms with E-state index in [-0.39, 0.29) is 25.9 Å². The van der Waals surface area contributed by atoms with Crippen molar-refractivity contribution in [3.05, 3.63) is 50.1 Å².